The fraction of sp³-hybridized carbons (Fsp3) is 0.609. The van der Waals surface area contributed by atoms with Crippen LogP contribution in [0, 0.1) is 0 Å². The largest absolute Gasteiger partial charge is 0.384 e. The molecule has 33 heavy (non-hydrogen) atoms. The average Bonchev–Trinajstić information content (AvgIpc) is 3.04. The Morgan fingerprint density at radius 1 is 1.00 bits per heavy atom. The molecule has 0 aliphatic carbocycles. The first-order valence-corrected chi connectivity index (χ1v) is 11.7. The van der Waals surface area contributed by atoms with Crippen LogP contribution in [0.2, 0.25) is 0 Å². The molecule has 5 aliphatic rings. The number of nitrogen functional groups attached to an aromatic ring is 1. The first-order valence-electron chi connectivity index (χ1n) is 11.7. The highest BCUT2D eigenvalue weighted by Gasteiger charge is 2.40. The topological polar surface area (TPSA) is 89.6 Å². The normalized spacial score (nSPS) is 29.1. The van der Waals surface area contributed by atoms with Crippen molar-refractivity contribution in [3.05, 3.63) is 23.9 Å². The van der Waals surface area contributed by atoms with Crippen LogP contribution >= 0.6 is 0 Å². The van der Waals surface area contributed by atoms with Gasteiger partial charge in [0.2, 0.25) is 5.95 Å². The minimum atomic E-state index is -2.69. The molecule has 0 aromatic carbocycles. The van der Waals surface area contributed by atoms with Crippen molar-refractivity contribution in [3.8, 4) is 11.3 Å². The minimum Gasteiger partial charge on any atom is -0.384 e. The Kier molecular flexibility index (Phi) is 5.29. The molecular formula is C23H28F2N6O2. The van der Waals surface area contributed by atoms with Gasteiger partial charge in [-0.25, -0.2) is 18.7 Å². The summed E-state index contributed by atoms with van der Waals surface area (Å²) in [6.07, 6.45) is 4.06. The van der Waals surface area contributed by atoms with Gasteiger partial charge in [-0.05, 0) is 38.2 Å². The number of hydrogen-bond donors (Lipinski definition) is 1. The lowest BCUT2D eigenvalue weighted by molar-refractivity contribution is 0.0301. The number of rotatable bonds is 4. The van der Waals surface area contributed by atoms with Crippen molar-refractivity contribution in [2.45, 2.75) is 62.8 Å². The van der Waals surface area contributed by atoms with Gasteiger partial charge >= 0.3 is 0 Å². The minimum absolute atomic E-state index is 0.0664. The standard InChI is InChI=1S/C23H28F2N6O2/c24-22(25)17-6-20(26)27-8-18(17)19-7-21(31-14-4-5-15(31)11-32-10-14)29-23(28-19)30-9-16-3-1-2-13(30)12-33-16/h6-8,13-16,22H,1-5,9-12H2,(H2,26,27). The number of anilines is 3. The third-order valence-corrected chi connectivity index (χ3v) is 7.36. The van der Waals surface area contributed by atoms with Crippen molar-refractivity contribution < 1.29 is 18.3 Å². The van der Waals surface area contributed by atoms with E-state index in [1.807, 2.05) is 6.07 Å². The molecule has 0 amide bonds. The first-order chi connectivity index (χ1) is 16.1. The predicted octanol–water partition coefficient (Wildman–Crippen LogP) is 3.18. The van der Waals surface area contributed by atoms with Crippen LogP contribution in [0.15, 0.2) is 18.3 Å². The molecule has 8 nitrogen and oxygen atoms in total. The van der Waals surface area contributed by atoms with Gasteiger partial charge in [0, 0.05) is 29.9 Å². The number of alkyl halides is 2. The van der Waals surface area contributed by atoms with Gasteiger partial charge in [-0.2, -0.15) is 4.98 Å². The molecule has 7 heterocycles. The van der Waals surface area contributed by atoms with Gasteiger partial charge in [0.25, 0.3) is 6.43 Å². The maximum atomic E-state index is 13.9. The number of aromatic nitrogens is 3. The molecule has 176 valence electrons. The maximum absolute atomic E-state index is 13.9. The van der Waals surface area contributed by atoms with E-state index < -0.39 is 6.43 Å². The quantitative estimate of drug-likeness (QED) is 0.747. The molecule has 2 aromatic rings. The number of fused-ring (bicyclic) bond motifs is 6. The molecule has 0 spiro atoms. The monoisotopic (exact) mass is 458 g/mol. The Hall–Kier alpha value is -2.59. The summed E-state index contributed by atoms with van der Waals surface area (Å²) >= 11 is 0. The molecule has 7 rings (SSSR count). The Morgan fingerprint density at radius 3 is 2.61 bits per heavy atom. The molecule has 4 bridgehead atoms. The highest BCUT2D eigenvalue weighted by Crippen LogP contribution is 2.38. The Morgan fingerprint density at radius 2 is 1.82 bits per heavy atom. The summed E-state index contributed by atoms with van der Waals surface area (Å²) in [4.78, 5) is 18.4. The fourth-order valence-corrected chi connectivity index (χ4v) is 5.70. The fourth-order valence-electron chi connectivity index (χ4n) is 5.70. The van der Waals surface area contributed by atoms with E-state index in [-0.39, 0.29) is 35.6 Å². The molecule has 0 radical (unpaired) electrons. The highest BCUT2D eigenvalue weighted by molar-refractivity contribution is 5.69. The van der Waals surface area contributed by atoms with E-state index in [0.717, 1.165) is 37.9 Å². The van der Waals surface area contributed by atoms with Crippen molar-refractivity contribution in [3.63, 3.8) is 0 Å². The number of halogens is 2. The summed E-state index contributed by atoms with van der Waals surface area (Å²) in [7, 11) is 0. The van der Waals surface area contributed by atoms with Crippen molar-refractivity contribution in [2.24, 2.45) is 0 Å². The number of hydrogen-bond acceptors (Lipinski definition) is 8. The van der Waals surface area contributed by atoms with Crippen molar-refractivity contribution in [1.82, 2.24) is 15.0 Å². The number of pyridine rings is 1. The zero-order chi connectivity index (χ0) is 22.5. The lowest BCUT2D eigenvalue weighted by Gasteiger charge is -2.39. The van der Waals surface area contributed by atoms with Gasteiger partial charge in [0.05, 0.1) is 49.7 Å². The Bertz CT molecular complexity index is 1020. The molecule has 2 aromatic heterocycles. The summed E-state index contributed by atoms with van der Waals surface area (Å²) in [5.41, 5.74) is 6.30. The molecular weight excluding hydrogens is 430 g/mol. The summed E-state index contributed by atoms with van der Waals surface area (Å²) in [6, 6.07) is 3.73. The second-order valence-corrected chi connectivity index (χ2v) is 9.43. The number of morpholine rings is 2. The number of nitrogens with zero attached hydrogens (tertiary/aromatic N) is 5. The van der Waals surface area contributed by atoms with Gasteiger partial charge in [0.1, 0.15) is 11.6 Å². The third kappa shape index (κ3) is 3.78. The van der Waals surface area contributed by atoms with Crippen LogP contribution in [-0.4, -0.2) is 65.5 Å². The van der Waals surface area contributed by atoms with Crippen LogP contribution in [-0.2, 0) is 9.47 Å². The van der Waals surface area contributed by atoms with Crippen molar-refractivity contribution >= 4 is 17.6 Å². The summed E-state index contributed by atoms with van der Waals surface area (Å²) in [6.45, 7) is 2.66. The van der Waals surface area contributed by atoms with Gasteiger partial charge in [-0.1, -0.05) is 0 Å². The van der Waals surface area contributed by atoms with Gasteiger partial charge in [-0.3, -0.25) is 0 Å². The number of nitrogens with two attached hydrogens (primary N) is 1. The van der Waals surface area contributed by atoms with Crippen LogP contribution in [0.5, 0.6) is 0 Å². The van der Waals surface area contributed by atoms with Crippen molar-refractivity contribution in [1.29, 1.82) is 0 Å². The van der Waals surface area contributed by atoms with E-state index in [9.17, 15) is 8.78 Å². The second-order valence-electron chi connectivity index (χ2n) is 9.43. The number of ether oxygens (including phenoxy) is 2. The molecule has 0 saturated carbocycles. The van der Waals surface area contributed by atoms with Crippen LogP contribution in [0.4, 0.5) is 26.4 Å². The molecule has 5 fully saturated rings. The molecule has 4 unspecified atom stereocenters. The van der Waals surface area contributed by atoms with Crippen LogP contribution in [0.3, 0.4) is 0 Å². The maximum Gasteiger partial charge on any atom is 0.264 e. The molecule has 5 aliphatic heterocycles. The van der Waals surface area contributed by atoms with E-state index in [1.54, 1.807) is 0 Å². The van der Waals surface area contributed by atoms with Gasteiger partial charge in [-0.15, -0.1) is 0 Å². The van der Waals surface area contributed by atoms with E-state index in [4.69, 9.17) is 25.2 Å². The Balaban J connectivity index is 1.48. The van der Waals surface area contributed by atoms with Crippen molar-refractivity contribution in [2.75, 3.05) is 41.9 Å². The first kappa shape index (κ1) is 21.0. The zero-order valence-electron chi connectivity index (χ0n) is 18.4. The highest BCUT2D eigenvalue weighted by atomic mass is 19.3. The smallest absolute Gasteiger partial charge is 0.264 e. The SMILES string of the molecule is Nc1cc(C(F)F)c(-c2cc(N3C4CCC3COC4)nc(N3CC4CCCC3CO4)n2)cn1. The third-order valence-electron chi connectivity index (χ3n) is 7.36. The second kappa shape index (κ2) is 8.32. The summed E-state index contributed by atoms with van der Waals surface area (Å²) < 4.78 is 39.6. The van der Waals surface area contributed by atoms with E-state index in [0.29, 0.717) is 43.6 Å². The van der Waals surface area contributed by atoms with E-state index >= 15 is 0 Å². The molecule has 4 atom stereocenters. The molecule has 5 saturated heterocycles. The zero-order valence-corrected chi connectivity index (χ0v) is 18.4. The average molecular weight is 459 g/mol. The van der Waals surface area contributed by atoms with Gasteiger partial charge < -0.3 is 25.0 Å². The predicted molar refractivity (Wildman–Crippen MR) is 119 cm³/mol. The van der Waals surface area contributed by atoms with Gasteiger partial charge in [0.15, 0.2) is 0 Å². The van der Waals surface area contributed by atoms with Crippen LogP contribution in [0.1, 0.15) is 44.1 Å². The lowest BCUT2D eigenvalue weighted by atomic mass is 10.1. The molecule has 10 heteroatoms. The summed E-state index contributed by atoms with van der Waals surface area (Å²) in [5.74, 6) is 1.41. The van der Waals surface area contributed by atoms with Crippen LogP contribution < -0.4 is 15.5 Å². The lowest BCUT2D eigenvalue weighted by Crippen LogP contribution is -2.49. The molecule has 2 N–H and O–H groups in total. The van der Waals surface area contributed by atoms with E-state index in [2.05, 4.69) is 14.8 Å². The van der Waals surface area contributed by atoms with Crippen LogP contribution in [0.25, 0.3) is 11.3 Å². The summed E-state index contributed by atoms with van der Waals surface area (Å²) in [5, 5.41) is 0. The Labute approximate surface area is 191 Å². The van der Waals surface area contributed by atoms with E-state index in [1.165, 1.54) is 12.3 Å².